The molecule has 2 aromatic carbocycles. The molecule has 0 bridgehead atoms. The Kier molecular flexibility index (Phi) is 6.29. The van der Waals surface area contributed by atoms with E-state index in [-0.39, 0.29) is 10.8 Å². The molecule has 0 unspecified atom stereocenters. The molecule has 29 heavy (non-hydrogen) atoms. The second-order valence-corrected chi connectivity index (χ2v) is 9.02. The molecule has 7 heteroatoms. The molecule has 6 nitrogen and oxygen atoms in total. The number of amides is 1. The van der Waals surface area contributed by atoms with Crippen molar-refractivity contribution in [2.24, 2.45) is 0 Å². The summed E-state index contributed by atoms with van der Waals surface area (Å²) in [6.45, 7) is 6.62. The van der Waals surface area contributed by atoms with E-state index in [1.807, 2.05) is 37.3 Å². The number of rotatable bonds is 9. The van der Waals surface area contributed by atoms with Gasteiger partial charge in [0.2, 0.25) is 15.9 Å². The molecule has 0 saturated heterocycles. The Hall–Kier alpha value is -2.38. The second-order valence-electron chi connectivity index (χ2n) is 7.08. The minimum absolute atomic E-state index is 0.137. The number of nitrogens with one attached hydrogen (secondary N) is 1. The molecule has 1 saturated carbocycles. The van der Waals surface area contributed by atoms with Crippen LogP contribution in [-0.2, 0) is 20.2 Å². The van der Waals surface area contributed by atoms with E-state index >= 15 is 0 Å². The lowest BCUT2D eigenvalue weighted by Crippen LogP contribution is -2.31. The first kappa shape index (κ1) is 21.3. The van der Waals surface area contributed by atoms with Crippen molar-refractivity contribution in [2.45, 2.75) is 43.9 Å². The van der Waals surface area contributed by atoms with E-state index in [1.165, 1.54) is 16.4 Å². The molecule has 1 aliphatic rings. The lowest BCUT2D eigenvalue weighted by molar-refractivity contribution is -0.118. The minimum atomic E-state index is -3.64. The van der Waals surface area contributed by atoms with Crippen LogP contribution in [0.2, 0.25) is 0 Å². The van der Waals surface area contributed by atoms with Gasteiger partial charge < -0.3 is 10.1 Å². The lowest BCUT2D eigenvalue weighted by Gasteiger charge is -2.21. The highest BCUT2D eigenvalue weighted by atomic mass is 32.2. The zero-order valence-corrected chi connectivity index (χ0v) is 18.0. The Labute approximate surface area is 172 Å². The van der Waals surface area contributed by atoms with Crippen molar-refractivity contribution in [3.63, 3.8) is 0 Å². The predicted octanol–water partition coefficient (Wildman–Crippen LogP) is 3.79. The van der Waals surface area contributed by atoms with Crippen molar-refractivity contribution in [1.82, 2.24) is 4.31 Å². The molecule has 0 heterocycles. The summed E-state index contributed by atoms with van der Waals surface area (Å²) in [7, 11) is -3.64. The predicted molar refractivity (Wildman–Crippen MR) is 114 cm³/mol. The first-order valence-electron chi connectivity index (χ1n) is 10.0. The van der Waals surface area contributed by atoms with Gasteiger partial charge in [-0.25, -0.2) is 8.42 Å². The Morgan fingerprint density at radius 2 is 1.72 bits per heavy atom. The molecule has 2 aromatic rings. The van der Waals surface area contributed by atoms with Crippen LogP contribution >= 0.6 is 0 Å². The van der Waals surface area contributed by atoms with Gasteiger partial charge in [-0.15, -0.1) is 0 Å². The van der Waals surface area contributed by atoms with E-state index in [0.29, 0.717) is 31.1 Å². The molecule has 0 spiro atoms. The molecule has 1 fully saturated rings. The van der Waals surface area contributed by atoms with Crippen molar-refractivity contribution in [3.05, 3.63) is 54.1 Å². The Morgan fingerprint density at radius 1 is 1.07 bits per heavy atom. The SMILES string of the molecule is CCOc1ccc(S(=O)(=O)N(CC)CC)cc1NC(=O)C1(c2ccccc2)CC1. The summed E-state index contributed by atoms with van der Waals surface area (Å²) in [5.74, 6) is 0.324. The highest BCUT2D eigenvalue weighted by Gasteiger charge is 2.51. The Morgan fingerprint density at radius 3 is 2.28 bits per heavy atom. The maximum atomic E-state index is 13.1. The summed E-state index contributed by atoms with van der Waals surface area (Å²) in [6, 6.07) is 14.3. The third-order valence-electron chi connectivity index (χ3n) is 5.35. The number of benzene rings is 2. The molecule has 1 N–H and O–H groups in total. The number of anilines is 1. The van der Waals surface area contributed by atoms with Crippen molar-refractivity contribution < 1.29 is 17.9 Å². The summed E-state index contributed by atoms with van der Waals surface area (Å²) >= 11 is 0. The molecule has 156 valence electrons. The number of sulfonamides is 1. The molecular weight excluding hydrogens is 388 g/mol. The van der Waals surface area contributed by atoms with Gasteiger partial charge in [0.05, 0.1) is 22.6 Å². The molecule has 3 rings (SSSR count). The fourth-order valence-corrected chi connectivity index (χ4v) is 5.02. The highest BCUT2D eigenvalue weighted by molar-refractivity contribution is 7.89. The van der Waals surface area contributed by atoms with Gasteiger partial charge in [-0.2, -0.15) is 4.31 Å². The van der Waals surface area contributed by atoms with Crippen LogP contribution in [0.5, 0.6) is 5.75 Å². The van der Waals surface area contributed by atoms with Crippen LogP contribution in [0.25, 0.3) is 0 Å². The van der Waals surface area contributed by atoms with Gasteiger partial charge in [0.15, 0.2) is 0 Å². The number of hydrogen-bond acceptors (Lipinski definition) is 4. The van der Waals surface area contributed by atoms with E-state index in [0.717, 1.165) is 18.4 Å². The molecule has 1 amide bonds. The Bertz CT molecular complexity index is 966. The van der Waals surface area contributed by atoms with Crippen molar-refractivity contribution in [3.8, 4) is 5.75 Å². The summed E-state index contributed by atoms with van der Waals surface area (Å²) in [4.78, 5) is 13.3. The van der Waals surface area contributed by atoms with Crippen LogP contribution in [-0.4, -0.2) is 38.3 Å². The van der Waals surface area contributed by atoms with E-state index in [4.69, 9.17) is 4.74 Å². The maximum absolute atomic E-state index is 13.1. The van der Waals surface area contributed by atoms with Crippen molar-refractivity contribution in [2.75, 3.05) is 25.0 Å². The standard InChI is InChI=1S/C22H28N2O4S/c1-4-24(5-2)29(26,27)18-12-13-20(28-6-3)19(16-18)23-21(25)22(14-15-22)17-10-8-7-9-11-17/h7-13,16H,4-6,14-15H2,1-3H3,(H,23,25). The van der Waals surface area contributed by atoms with Gasteiger partial charge in [0.1, 0.15) is 5.75 Å². The van der Waals surface area contributed by atoms with Crippen LogP contribution in [0, 0.1) is 0 Å². The average Bonchev–Trinajstić information content (AvgIpc) is 3.53. The number of carbonyl (C=O) groups excluding carboxylic acids is 1. The van der Waals surface area contributed by atoms with Crippen LogP contribution in [0.15, 0.2) is 53.4 Å². The topological polar surface area (TPSA) is 75.7 Å². The van der Waals surface area contributed by atoms with Gasteiger partial charge >= 0.3 is 0 Å². The van der Waals surface area contributed by atoms with E-state index in [1.54, 1.807) is 19.9 Å². The molecule has 0 atom stereocenters. The average molecular weight is 417 g/mol. The van der Waals surface area contributed by atoms with Crippen LogP contribution in [0.1, 0.15) is 39.2 Å². The van der Waals surface area contributed by atoms with Gasteiger partial charge in [0, 0.05) is 13.1 Å². The third kappa shape index (κ3) is 4.16. The van der Waals surface area contributed by atoms with Crippen molar-refractivity contribution in [1.29, 1.82) is 0 Å². The molecule has 0 radical (unpaired) electrons. The lowest BCUT2D eigenvalue weighted by atomic mass is 9.95. The molecule has 1 aliphatic carbocycles. The summed E-state index contributed by atoms with van der Waals surface area (Å²) in [5, 5.41) is 2.94. The number of nitrogens with zero attached hydrogens (tertiary/aromatic N) is 1. The molecular formula is C22H28N2O4S. The monoisotopic (exact) mass is 416 g/mol. The van der Waals surface area contributed by atoms with Crippen LogP contribution in [0.3, 0.4) is 0 Å². The quantitative estimate of drug-likeness (QED) is 0.675. The molecule has 0 aromatic heterocycles. The zero-order valence-electron chi connectivity index (χ0n) is 17.1. The van der Waals surface area contributed by atoms with Crippen LogP contribution < -0.4 is 10.1 Å². The second kappa shape index (κ2) is 8.55. The summed E-state index contributed by atoms with van der Waals surface area (Å²) in [5.41, 5.74) is 0.799. The van der Waals surface area contributed by atoms with Gasteiger partial charge in [-0.1, -0.05) is 44.2 Å². The highest BCUT2D eigenvalue weighted by Crippen LogP contribution is 2.49. The van der Waals surface area contributed by atoms with Crippen LogP contribution in [0.4, 0.5) is 5.69 Å². The smallest absolute Gasteiger partial charge is 0.243 e. The third-order valence-corrected chi connectivity index (χ3v) is 7.40. The van der Waals surface area contributed by atoms with E-state index in [2.05, 4.69) is 5.32 Å². The number of hydrogen-bond donors (Lipinski definition) is 1. The van der Waals surface area contributed by atoms with E-state index in [9.17, 15) is 13.2 Å². The number of carbonyl (C=O) groups is 1. The largest absolute Gasteiger partial charge is 0.492 e. The number of ether oxygens (including phenoxy) is 1. The van der Waals surface area contributed by atoms with Gasteiger partial charge in [0.25, 0.3) is 0 Å². The maximum Gasteiger partial charge on any atom is 0.243 e. The molecule has 0 aliphatic heterocycles. The minimum Gasteiger partial charge on any atom is -0.492 e. The summed E-state index contributed by atoms with van der Waals surface area (Å²) in [6.07, 6.45) is 1.54. The first-order valence-corrected chi connectivity index (χ1v) is 11.5. The van der Waals surface area contributed by atoms with Gasteiger partial charge in [-0.05, 0) is 43.5 Å². The fourth-order valence-electron chi connectivity index (χ4n) is 3.53. The van der Waals surface area contributed by atoms with E-state index < -0.39 is 15.4 Å². The Balaban J connectivity index is 1.94. The first-order chi connectivity index (χ1) is 13.9. The van der Waals surface area contributed by atoms with Gasteiger partial charge in [-0.3, -0.25) is 4.79 Å². The normalized spacial score (nSPS) is 15.2. The van der Waals surface area contributed by atoms with Crippen molar-refractivity contribution >= 4 is 21.6 Å². The zero-order chi connectivity index (χ0) is 21.1. The summed E-state index contributed by atoms with van der Waals surface area (Å²) < 4.78 is 32.8. The fraction of sp³-hybridized carbons (Fsp3) is 0.409.